The lowest BCUT2D eigenvalue weighted by Gasteiger charge is -2.06. The summed E-state index contributed by atoms with van der Waals surface area (Å²) in [6, 6.07) is 5.23. The van der Waals surface area contributed by atoms with E-state index in [1.54, 1.807) is 12.1 Å². The molecule has 7 heteroatoms. The Bertz CT molecular complexity index is 492. The zero-order chi connectivity index (χ0) is 12.0. The molecular formula is C9H12N4O2S. The van der Waals surface area contributed by atoms with Crippen molar-refractivity contribution in [3.8, 4) is 6.07 Å². The lowest BCUT2D eigenvalue weighted by atomic mass is 10.3. The van der Waals surface area contributed by atoms with E-state index in [4.69, 9.17) is 5.26 Å². The van der Waals surface area contributed by atoms with Gasteiger partial charge in [0.15, 0.2) is 0 Å². The maximum absolute atomic E-state index is 10.8. The van der Waals surface area contributed by atoms with Gasteiger partial charge in [-0.15, -0.1) is 0 Å². The maximum atomic E-state index is 10.8. The first-order valence-corrected chi connectivity index (χ1v) is 6.45. The molecule has 86 valence electrons. The van der Waals surface area contributed by atoms with Gasteiger partial charge < -0.3 is 5.32 Å². The second kappa shape index (κ2) is 5.44. The third-order valence-electron chi connectivity index (χ3n) is 1.69. The minimum atomic E-state index is -3.15. The van der Waals surface area contributed by atoms with Crippen molar-refractivity contribution in [2.24, 2.45) is 0 Å². The quantitative estimate of drug-likeness (QED) is 0.702. The SMILES string of the molecule is CS(=O)(=O)NCCNc1ccnc(C#N)c1. The Kier molecular flexibility index (Phi) is 4.22. The molecule has 0 saturated carbocycles. The summed E-state index contributed by atoms with van der Waals surface area (Å²) in [5, 5.41) is 11.6. The molecule has 0 unspecified atom stereocenters. The van der Waals surface area contributed by atoms with E-state index in [1.165, 1.54) is 6.20 Å². The number of nitrogens with one attached hydrogen (secondary N) is 2. The summed E-state index contributed by atoms with van der Waals surface area (Å²) in [5.41, 5.74) is 1.06. The van der Waals surface area contributed by atoms with Crippen LogP contribution < -0.4 is 10.0 Å². The third-order valence-corrected chi connectivity index (χ3v) is 2.42. The van der Waals surface area contributed by atoms with Crippen molar-refractivity contribution in [1.29, 1.82) is 5.26 Å². The maximum Gasteiger partial charge on any atom is 0.208 e. The number of pyridine rings is 1. The molecule has 0 aromatic carbocycles. The van der Waals surface area contributed by atoms with E-state index < -0.39 is 10.0 Å². The van der Waals surface area contributed by atoms with Crippen molar-refractivity contribution in [1.82, 2.24) is 9.71 Å². The van der Waals surface area contributed by atoms with Crippen LogP contribution in [-0.2, 0) is 10.0 Å². The summed E-state index contributed by atoms with van der Waals surface area (Å²) in [6.45, 7) is 0.741. The molecule has 0 saturated heterocycles. The average molecular weight is 240 g/mol. The number of rotatable bonds is 5. The van der Waals surface area contributed by atoms with E-state index in [1.807, 2.05) is 6.07 Å². The van der Waals surface area contributed by atoms with Crippen LogP contribution in [0.1, 0.15) is 5.69 Å². The molecule has 1 aromatic heterocycles. The van der Waals surface area contributed by atoms with Crippen molar-refractivity contribution in [2.45, 2.75) is 0 Å². The summed E-state index contributed by atoms with van der Waals surface area (Å²) in [4.78, 5) is 3.81. The second-order valence-corrected chi connectivity index (χ2v) is 4.97. The van der Waals surface area contributed by atoms with Gasteiger partial charge in [-0.1, -0.05) is 0 Å². The topological polar surface area (TPSA) is 94.9 Å². The number of hydrogen-bond acceptors (Lipinski definition) is 5. The predicted octanol–water partition coefficient (Wildman–Crippen LogP) is -0.0856. The first kappa shape index (κ1) is 12.4. The minimum absolute atomic E-state index is 0.295. The van der Waals surface area contributed by atoms with Crippen LogP contribution >= 0.6 is 0 Å². The molecule has 0 fully saturated rings. The molecule has 16 heavy (non-hydrogen) atoms. The molecule has 1 rings (SSSR count). The molecule has 2 N–H and O–H groups in total. The third kappa shape index (κ3) is 4.72. The van der Waals surface area contributed by atoms with E-state index in [0.29, 0.717) is 18.8 Å². The molecular weight excluding hydrogens is 228 g/mol. The fourth-order valence-corrected chi connectivity index (χ4v) is 1.52. The first-order chi connectivity index (χ1) is 7.51. The monoisotopic (exact) mass is 240 g/mol. The highest BCUT2D eigenvalue weighted by atomic mass is 32.2. The molecule has 0 aliphatic carbocycles. The van der Waals surface area contributed by atoms with Gasteiger partial charge in [0, 0.05) is 25.0 Å². The Morgan fingerprint density at radius 1 is 1.50 bits per heavy atom. The predicted molar refractivity (Wildman–Crippen MR) is 60.3 cm³/mol. The Labute approximate surface area is 94.4 Å². The van der Waals surface area contributed by atoms with Gasteiger partial charge in [0.05, 0.1) is 6.26 Å². The molecule has 0 radical (unpaired) electrons. The molecule has 6 nitrogen and oxygen atoms in total. The minimum Gasteiger partial charge on any atom is -0.384 e. The highest BCUT2D eigenvalue weighted by molar-refractivity contribution is 7.88. The van der Waals surface area contributed by atoms with Crippen LogP contribution in [0.15, 0.2) is 18.3 Å². The van der Waals surface area contributed by atoms with Gasteiger partial charge >= 0.3 is 0 Å². The number of nitriles is 1. The number of anilines is 1. The molecule has 0 aliphatic heterocycles. The summed E-state index contributed by atoms with van der Waals surface area (Å²) < 4.78 is 23.9. The Hall–Kier alpha value is -1.65. The van der Waals surface area contributed by atoms with Gasteiger partial charge in [0.2, 0.25) is 10.0 Å². The number of hydrogen-bond donors (Lipinski definition) is 2. The highest BCUT2D eigenvalue weighted by Gasteiger charge is 1.99. The number of nitrogens with zero attached hydrogens (tertiary/aromatic N) is 2. The number of sulfonamides is 1. The van der Waals surface area contributed by atoms with Gasteiger partial charge in [0.25, 0.3) is 0 Å². The molecule has 0 spiro atoms. The van der Waals surface area contributed by atoms with E-state index in [2.05, 4.69) is 15.0 Å². The molecule has 0 aliphatic rings. The van der Waals surface area contributed by atoms with Gasteiger partial charge in [-0.3, -0.25) is 0 Å². The Balaban J connectivity index is 2.41. The van der Waals surface area contributed by atoms with E-state index >= 15 is 0 Å². The Morgan fingerprint density at radius 3 is 2.88 bits per heavy atom. The zero-order valence-electron chi connectivity index (χ0n) is 8.77. The number of aromatic nitrogens is 1. The van der Waals surface area contributed by atoms with Gasteiger partial charge in [-0.25, -0.2) is 18.1 Å². The second-order valence-electron chi connectivity index (χ2n) is 3.13. The highest BCUT2D eigenvalue weighted by Crippen LogP contribution is 2.05. The van der Waals surface area contributed by atoms with Crippen LogP contribution in [-0.4, -0.2) is 32.7 Å². The fraction of sp³-hybridized carbons (Fsp3) is 0.333. The van der Waals surface area contributed by atoms with Gasteiger partial charge in [0.1, 0.15) is 11.8 Å². The summed E-state index contributed by atoms with van der Waals surface area (Å²) >= 11 is 0. The van der Waals surface area contributed by atoms with E-state index in [0.717, 1.165) is 11.9 Å². The van der Waals surface area contributed by atoms with Crippen molar-refractivity contribution >= 4 is 15.7 Å². The van der Waals surface area contributed by atoms with Gasteiger partial charge in [-0.05, 0) is 12.1 Å². The van der Waals surface area contributed by atoms with Gasteiger partial charge in [-0.2, -0.15) is 5.26 Å². The molecule has 0 bridgehead atoms. The average Bonchev–Trinajstić information content (AvgIpc) is 2.23. The van der Waals surface area contributed by atoms with Crippen molar-refractivity contribution in [3.05, 3.63) is 24.0 Å². The molecule has 0 amide bonds. The van der Waals surface area contributed by atoms with Crippen molar-refractivity contribution in [2.75, 3.05) is 24.7 Å². The summed E-state index contributed by atoms with van der Waals surface area (Å²) in [7, 11) is -3.15. The standard InChI is InChI=1S/C9H12N4O2S/c1-16(14,15)13-5-4-12-8-2-3-11-9(6-8)7-10/h2-3,6,13H,4-5H2,1H3,(H,11,12). The largest absolute Gasteiger partial charge is 0.384 e. The zero-order valence-corrected chi connectivity index (χ0v) is 9.58. The lowest BCUT2D eigenvalue weighted by molar-refractivity contribution is 0.589. The summed E-state index contributed by atoms with van der Waals surface area (Å²) in [5.74, 6) is 0. The Morgan fingerprint density at radius 2 is 2.25 bits per heavy atom. The molecule has 1 heterocycles. The van der Waals surface area contributed by atoms with Crippen LogP contribution in [0.2, 0.25) is 0 Å². The van der Waals surface area contributed by atoms with Crippen LogP contribution in [0.4, 0.5) is 5.69 Å². The molecule has 0 atom stereocenters. The van der Waals surface area contributed by atoms with E-state index in [-0.39, 0.29) is 0 Å². The van der Waals surface area contributed by atoms with Crippen LogP contribution in [0.5, 0.6) is 0 Å². The van der Waals surface area contributed by atoms with E-state index in [9.17, 15) is 8.42 Å². The molecule has 1 aromatic rings. The van der Waals surface area contributed by atoms with Crippen molar-refractivity contribution < 1.29 is 8.42 Å². The normalized spacial score (nSPS) is 10.8. The van der Waals surface area contributed by atoms with Crippen LogP contribution in [0.3, 0.4) is 0 Å². The fourth-order valence-electron chi connectivity index (χ4n) is 1.04. The lowest BCUT2D eigenvalue weighted by Crippen LogP contribution is -2.27. The van der Waals surface area contributed by atoms with Crippen LogP contribution in [0.25, 0.3) is 0 Å². The van der Waals surface area contributed by atoms with Crippen LogP contribution in [0, 0.1) is 11.3 Å². The summed E-state index contributed by atoms with van der Waals surface area (Å²) in [6.07, 6.45) is 2.62. The smallest absolute Gasteiger partial charge is 0.208 e. The van der Waals surface area contributed by atoms with Crippen molar-refractivity contribution in [3.63, 3.8) is 0 Å². The first-order valence-electron chi connectivity index (χ1n) is 4.56.